The second-order valence-corrected chi connectivity index (χ2v) is 8.43. The zero-order valence-corrected chi connectivity index (χ0v) is 19.3. The van der Waals surface area contributed by atoms with Crippen molar-refractivity contribution in [2.24, 2.45) is 0 Å². The van der Waals surface area contributed by atoms with Crippen LogP contribution >= 0.6 is 11.3 Å². The number of nitrogens with one attached hydrogen (secondary N) is 1. The van der Waals surface area contributed by atoms with Crippen LogP contribution in [-0.2, 0) is 6.18 Å². The molecular formula is C25H16F3N5OS. The molecule has 0 atom stereocenters. The predicted molar refractivity (Wildman–Crippen MR) is 127 cm³/mol. The van der Waals surface area contributed by atoms with Crippen LogP contribution in [0.25, 0.3) is 16.3 Å². The number of anilines is 2. The van der Waals surface area contributed by atoms with Crippen LogP contribution < -0.4 is 10.1 Å². The molecule has 0 bridgehead atoms. The molecule has 174 valence electrons. The lowest BCUT2D eigenvalue weighted by Gasteiger charge is -2.16. The normalized spacial score (nSPS) is 11.4. The maximum atomic E-state index is 13.6. The van der Waals surface area contributed by atoms with Crippen LogP contribution in [0, 0.1) is 36.5 Å². The molecule has 35 heavy (non-hydrogen) atoms. The molecule has 4 rings (SSSR count). The Morgan fingerprint density at radius 3 is 2.46 bits per heavy atom. The topological polar surface area (TPSA) is 94.6 Å². The highest BCUT2D eigenvalue weighted by molar-refractivity contribution is 7.16. The molecule has 0 saturated carbocycles. The van der Waals surface area contributed by atoms with Crippen molar-refractivity contribution in [1.82, 2.24) is 9.97 Å². The van der Waals surface area contributed by atoms with Crippen molar-refractivity contribution < 1.29 is 17.9 Å². The number of aryl methyl sites for hydroxylation is 2. The van der Waals surface area contributed by atoms with Gasteiger partial charge in [0, 0.05) is 6.08 Å². The number of alkyl halides is 3. The predicted octanol–water partition coefficient (Wildman–Crippen LogP) is 7.27. The molecule has 0 saturated heterocycles. The van der Waals surface area contributed by atoms with Crippen molar-refractivity contribution in [3.63, 3.8) is 0 Å². The van der Waals surface area contributed by atoms with Crippen molar-refractivity contribution in [3.05, 3.63) is 75.7 Å². The van der Waals surface area contributed by atoms with Gasteiger partial charge >= 0.3 is 6.18 Å². The Hall–Kier alpha value is -4.41. The number of hydrogen-bond donors (Lipinski definition) is 1. The molecule has 0 spiro atoms. The van der Waals surface area contributed by atoms with Crippen molar-refractivity contribution >= 4 is 39.3 Å². The number of rotatable bonds is 5. The first kappa shape index (κ1) is 23.7. The molecule has 2 heterocycles. The minimum atomic E-state index is -4.68. The summed E-state index contributed by atoms with van der Waals surface area (Å²) in [5.74, 6) is 0.659. The summed E-state index contributed by atoms with van der Waals surface area (Å²) in [4.78, 5) is 9.22. The highest BCUT2D eigenvalue weighted by Gasteiger charge is 2.34. The van der Waals surface area contributed by atoms with E-state index in [0.29, 0.717) is 16.0 Å². The quantitative estimate of drug-likeness (QED) is 0.295. The molecule has 2 aromatic carbocycles. The Kier molecular flexibility index (Phi) is 6.41. The van der Waals surface area contributed by atoms with Gasteiger partial charge in [0.15, 0.2) is 0 Å². The zero-order chi connectivity index (χ0) is 25.2. The largest absolute Gasteiger partial charge is 0.438 e. The van der Waals surface area contributed by atoms with Gasteiger partial charge in [-0.05, 0) is 78.4 Å². The number of allylic oxidation sites excluding steroid dienone is 1. The molecule has 0 radical (unpaired) electrons. The third-order valence-corrected chi connectivity index (χ3v) is 5.83. The third-order valence-electron chi connectivity index (χ3n) is 5.02. The van der Waals surface area contributed by atoms with Crippen molar-refractivity contribution in [2.45, 2.75) is 20.0 Å². The van der Waals surface area contributed by atoms with Crippen LogP contribution in [0.15, 0.2) is 47.9 Å². The molecule has 0 aliphatic heterocycles. The highest BCUT2D eigenvalue weighted by atomic mass is 32.1. The number of halogens is 3. The van der Waals surface area contributed by atoms with Gasteiger partial charge in [0.25, 0.3) is 0 Å². The van der Waals surface area contributed by atoms with Crippen molar-refractivity contribution in [3.8, 4) is 23.8 Å². The van der Waals surface area contributed by atoms with Crippen LogP contribution in [0.3, 0.4) is 0 Å². The molecule has 1 N–H and O–H groups in total. The number of nitrogens with zero attached hydrogens (tertiary/aromatic N) is 4. The van der Waals surface area contributed by atoms with E-state index in [1.807, 2.05) is 32.0 Å². The third kappa shape index (κ3) is 5.08. The van der Waals surface area contributed by atoms with E-state index in [9.17, 15) is 13.2 Å². The van der Waals surface area contributed by atoms with E-state index < -0.39 is 11.7 Å². The zero-order valence-electron chi connectivity index (χ0n) is 18.4. The fourth-order valence-corrected chi connectivity index (χ4v) is 4.27. The Morgan fingerprint density at radius 1 is 1.06 bits per heavy atom. The number of ether oxygens (including phenoxy) is 1. The van der Waals surface area contributed by atoms with Gasteiger partial charge in [-0.15, -0.1) is 11.3 Å². The average molecular weight is 491 g/mol. The van der Waals surface area contributed by atoms with Gasteiger partial charge in [0.2, 0.25) is 11.8 Å². The van der Waals surface area contributed by atoms with E-state index in [0.717, 1.165) is 22.8 Å². The van der Waals surface area contributed by atoms with E-state index in [1.54, 1.807) is 23.6 Å². The number of benzene rings is 2. The fourth-order valence-electron chi connectivity index (χ4n) is 3.51. The van der Waals surface area contributed by atoms with Crippen molar-refractivity contribution in [1.29, 1.82) is 10.5 Å². The van der Waals surface area contributed by atoms with E-state index >= 15 is 0 Å². The Bertz CT molecular complexity index is 1520. The molecule has 0 unspecified atom stereocenters. The van der Waals surface area contributed by atoms with Gasteiger partial charge < -0.3 is 10.1 Å². The molecule has 2 aromatic heterocycles. The number of aromatic nitrogens is 2. The molecule has 0 aliphatic carbocycles. The minimum Gasteiger partial charge on any atom is -0.438 e. The highest BCUT2D eigenvalue weighted by Crippen LogP contribution is 2.38. The Morgan fingerprint density at radius 2 is 1.80 bits per heavy atom. The number of fused-ring (bicyclic) bond motifs is 1. The monoisotopic (exact) mass is 491 g/mol. The maximum absolute atomic E-state index is 13.6. The van der Waals surface area contributed by atoms with Gasteiger partial charge in [0.05, 0.1) is 34.3 Å². The van der Waals surface area contributed by atoms with E-state index in [2.05, 4.69) is 15.3 Å². The Labute approximate surface area is 202 Å². The summed E-state index contributed by atoms with van der Waals surface area (Å²) in [5.41, 5.74) is 1.04. The molecule has 10 heteroatoms. The van der Waals surface area contributed by atoms with E-state index in [1.165, 1.54) is 29.5 Å². The number of thiophene rings is 1. The number of nitriles is 2. The smallest absolute Gasteiger partial charge is 0.418 e. The summed E-state index contributed by atoms with van der Waals surface area (Å²) in [7, 11) is 0. The summed E-state index contributed by atoms with van der Waals surface area (Å²) in [6.07, 6.45) is -1.62. The van der Waals surface area contributed by atoms with Crippen LogP contribution in [-0.4, -0.2) is 9.97 Å². The summed E-state index contributed by atoms with van der Waals surface area (Å²) in [6, 6.07) is 12.4. The average Bonchev–Trinajstić information content (AvgIpc) is 3.28. The fraction of sp³-hybridized carbons (Fsp3) is 0.120. The molecule has 0 amide bonds. The standard InChI is InChI=1S/C25H16F3N5OS/c1-14-10-16(4-3-8-29)11-15(2)21(14)34-22-18-7-9-35-23(18)33-24(32-22)31-20-6-5-17(13-30)12-19(20)25(26,27)28/h3-7,9-12H,1-2H3,(H,31,32,33)/b4-3+. The van der Waals surface area contributed by atoms with E-state index in [4.69, 9.17) is 15.3 Å². The summed E-state index contributed by atoms with van der Waals surface area (Å²) in [5, 5.41) is 22.8. The van der Waals surface area contributed by atoms with Gasteiger partial charge in [-0.3, -0.25) is 0 Å². The molecule has 0 fully saturated rings. The second-order valence-electron chi connectivity index (χ2n) is 7.54. The lowest BCUT2D eigenvalue weighted by molar-refractivity contribution is -0.136. The first-order valence-electron chi connectivity index (χ1n) is 10.2. The molecule has 4 aromatic rings. The van der Waals surface area contributed by atoms with Gasteiger partial charge in [0.1, 0.15) is 10.6 Å². The van der Waals surface area contributed by atoms with Gasteiger partial charge in [-0.25, -0.2) is 4.98 Å². The lowest BCUT2D eigenvalue weighted by Crippen LogP contribution is -2.10. The van der Waals surface area contributed by atoms with Crippen molar-refractivity contribution in [2.75, 3.05) is 5.32 Å². The van der Waals surface area contributed by atoms with E-state index in [-0.39, 0.29) is 23.1 Å². The summed E-state index contributed by atoms with van der Waals surface area (Å²) < 4.78 is 46.9. The first-order chi connectivity index (χ1) is 16.7. The summed E-state index contributed by atoms with van der Waals surface area (Å²) in [6.45, 7) is 3.70. The van der Waals surface area contributed by atoms with Crippen LogP contribution in [0.5, 0.6) is 11.6 Å². The second kappa shape index (κ2) is 9.45. The number of hydrogen-bond acceptors (Lipinski definition) is 7. The SMILES string of the molecule is Cc1cc(/C=C/C#N)cc(C)c1Oc1nc(Nc2ccc(C#N)cc2C(F)(F)F)nc2sccc12. The maximum Gasteiger partial charge on any atom is 0.418 e. The van der Waals surface area contributed by atoms with Gasteiger partial charge in [-0.2, -0.15) is 28.7 Å². The van der Waals surface area contributed by atoms with Gasteiger partial charge in [-0.1, -0.05) is 0 Å². The lowest BCUT2D eigenvalue weighted by atomic mass is 10.1. The molecular weight excluding hydrogens is 475 g/mol. The first-order valence-corrected chi connectivity index (χ1v) is 11.1. The van der Waals surface area contributed by atoms with Crippen LogP contribution in [0.1, 0.15) is 27.8 Å². The summed E-state index contributed by atoms with van der Waals surface area (Å²) >= 11 is 1.30. The molecule has 6 nitrogen and oxygen atoms in total. The Balaban J connectivity index is 1.75. The van der Waals surface area contributed by atoms with Crippen LogP contribution in [0.4, 0.5) is 24.8 Å². The van der Waals surface area contributed by atoms with Crippen LogP contribution in [0.2, 0.25) is 0 Å². The molecule has 0 aliphatic rings. The minimum absolute atomic E-state index is 0.0750.